The maximum Gasteiger partial charge on any atom is 0.345 e. The van der Waals surface area contributed by atoms with Crippen molar-refractivity contribution < 1.29 is 19.4 Å². The van der Waals surface area contributed by atoms with E-state index in [1.165, 1.54) is 6.07 Å². The van der Waals surface area contributed by atoms with Crippen molar-refractivity contribution in [1.29, 1.82) is 0 Å². The molecule has 0 radical (unpaired) electrons. The SMILES string of the molecule is CC[C@@H]1C[C@H](NC(=O)c2ccc(C(=O)O)s2)CCO1. The summed E-state index contributed by atoms with van der Waals surface area (Å²) < 4.78 is 5.55. The monoisotopic (exact) mass is 283 g/mol. The van der Waals surface area contributed by atoms with Gasteiger partial charge in [-0.15, -0.1) is 11.3 Å². The van der Waals surface area contributed by atoms with Gasteiger partial charge in [0, 0.05) is 12.6 Å². The molecule has 2 heterocycles. The number of hydrogen-bond acceptors (Lipinski definition) is 4. The van der Waals surface area contributed by atoms with Gasteiger partial charge in [0.2, 0.25) is 0 Å². The number of carbonyl (C=O) groups is 2. The van der Waals surface area contributed by atoms with Crippen LogP contribution in [0.2, 0.25) is 0 Å². The van der Waals surface area contributed by atoms with Crippen LogP contribution in [0.15, 0.2) is 12.1 Å². The molecule has 1 aliphatic rings. The molecule has 0 bridgehead atoms. The Morgan fingerprint density at radius 1 is 1.47 bits per heavy atom. The maximum absolute atomic E-state index is 12.0. The van der Waals surface area contributed by atoms with Crippen LogP contribution in [0, 0.1) is 0 Å². The molecule has 0 spiro atoms. The van der Waals surface area contributed by atoms with Gasteiger partial charge >= 0.3 is 5.97 Å². The van der Waals surface area contributed by atoms with Crippen LogP contribution >= 0.6 is 11.3 Å². The minimum Gasteiger partial charge on any atom is -0.477 e. The predicted molar refractivity (Wildman–Crippen MR) is 71.8 cm³/mol. The van der Waals surface area contributed by atoms with Gasteiger partial charge < -0.3 is 15.2 Å². The number of ether oxygens (including phenoxy) is 1. The molecule has 1 aliphatic heterocycles. The summed E-state index contributed by atoms with van der Waals surface area (Å²) >= 11 is 1.00. The molecule has 0 saturated carbocycles. The van der Waals surface area contributed by atoms with E-state index in [-0.39, 0.29) is 22.9 Å². The molecule has 2 N–H and O–H groups in total. The van der Waals surface area contributed by atoms with E-state index in [9.17, 15) is 9.59 Å². The Morgan fingerprint density at radius 3 is 2.84 bits per heavy atom. The molecule has 1 fully saturated rings. The van der Waals surface area contributed by atoms with Crippen molar-refractivity contribution in [3.63, 3.8) is 0 Å². The van der Waals surface area contributed by atoms with E-state index in [0.717, 1.165) is 30.6 Å². The lowest BCUT2D eigenvalue weighted by Crippen LogP contribution is -2.41. The normalized spacial score (nSPS) is 23.0. The highest BCUT2D eigenvalue weighted by molar-refractivity contribution is 7.15. The highest BCUT2D eigenvalue weighted by Gasteiger charge is 2.23. The van der Waals surface area contributed by atoms with Gasteiger partial charge in [-0.1, -0.05) is 6.92 Å². The third-order valence-corrected chi connectivity index (χ3v) is 4.27. The summed E-state index contributed by atoms with van der Waals surface area (Å²) in [5, 5.41) is 11.8. The van der Waals surface area contributed by atoms with Crippen LogP contribution in [0.3, 0.4) is 0 Å². The first-order chi connectivity index (χ1) is 9.10. The van der Waals surface area contributed by atoms with E-state index in [1.807, 2.05) is 0 Å². The number of amides is 1. The third-order valence-electron chi connectivity index (χ3n) is 3.20. The fraction of sp³-hybridized carbons (Fsp3) is 0.538. The number of aromatic carboxylic acids is 1. The second kappa shape index (κ2) is 6.16. The number of hydrogen-bond donors (Lipinski definition) is 2. The van der Waals surface area contributed by atoms with Crippen LogP contribution in [0.4, 0.5) is 0 Å². The summed E-state index contributed by atoms with van der Waals surface area (Å²) in [6.07, 6.45) is 2.77. The van der Waals surface area contributed by atoms with Crippen LogP contribution in [-0.4, -0.2) is 35.7 Å². The molecule has 0 aromatic carbocycles. The second-order valence-corrected chi connectivity index (χ2v) is 5.65. The average molecular weight is 283 g/mol. The quantitative estimate of drug-likeness (QED) is 0.887. The van der Waals surface area contributed by atoms with Crippen molar-refractivity contribution in [2.24, 2.45) is 0 Å². The molecule has 0 aliphatic carbocycles. The van der Waals surface area contributed by atoms with E-state index in [2.05, 4.69) is 12.2 Å². The van der Waals surface area contributed by atoms with E-state index in [1.54, 1.807) is 6.07 Å². The largest absolute Gasteiger partial charge is 0.477 e. The fourth-order valence-electron chi connectivity index (χ4n) is 2.13. The van der Waals surface area contributed by atoms with Gasteiger partial charge in [-0.3, -0.25) is 4.79 Å². The first kappa shape index (κ1) is 14.0. The lowest BCUT2D eigenvalue weighted by atomic mass is 10.0. The molecule has 2 rings (SSSR count). The molecular formula is C13H17NO4S. The molecule has 104 valence electrons. The summed E-state index contributed by atoms with van der Waals surface area (Å²) in [6.45, 7) is 2.72. The molecular weight excluding hydrogens is 266 g/mol. The van der Waals surface area contributed by atoms with Gasteiger partial charge in [0.25, 0.3) is 5.91 Å². The second-order valence-electron chi connectivity index (χ2n) is 4.56. The summed E-state index contributed by atoms with van der Waals surface area (Å²) in [5.41, 5.74) is 0. The highest BCUT2D eigenvalue weighted by atomic mass is 32.1. The Morgan fingerprint density at radius 2 is 2.21 bits per heavy atom. The van der Waals surface area contributed by atoms with Gasteiger partial charge in [0.05, 0.1) is 11.0 Å². The van der Waals surface area contributed by atoms with Crippen molar-refractivity contribution in [2.45, 2.75) is 38.3 Å². The zero-order valence-electron chi connectivity index (χ0n) is 10.7. The maximum atomic E-state index is 12.0. The Balaban J connectivity index is 1.94. The molecule has 1 amide bonds. The van der Waals surface area contributed by atoms with Crippen LogP contribution < -0.4 is 5.32 Å². The van der Waals surface area contributed by atoms with Gasteiger partial charge in [-0.05, 0) is 31.4 Å². The number of nitrogens with one attached hydrogen (secondary N) is 1. The van der Waals surface area contributed by atoms with Crippen LogP contribution in [0.5, 0.6) is 0 Å². The molecule has 2 atom stereocenters. The average Bonchev–Trinajstić information content (AvgIpc) is 2.89. The molecule has 1 saturated heterocycles. The van der Waals surface area contributed by atoms with Crippen LogP contribution in [0.25, 0.3) is 0 Å². The van der Waals surface area contributed by atoms with Crippen molar-refractivity contribution in [2.75, 3.05) is 6.61 Å². The summed E-state index contributed by atoms with van der Waals surface area (Å²) in [5.74, 6) is -1.19. The van der Waals surface area contributed by atoms with Crippen LogP contribution in [0.1, 0.15) is 45.5 Å². The van der Waals surface area contributed by atoms with Crippen molar-refractivity contribution in [1.82, 2.24) is 5.32 Å². The number of carbonyl (C=O) groups excluding carboxylic acids is 1. The predicted octanol–water partition coefficient (Wildman–Crippen LogP) is 2.13. The van der Waals surface area contributed by atoms with Gasteiger partial charge in [-0.2, -0.15) is 0 Å². The minimum absolute atomic E-state index is 0.113. The fourth-order valence-corrected chi connectivity index (χ4v) is 2.88. The molecule has 5 nitrogen and oxygen atoms in total. The van der Waals surface area contributed by atoms with Crippen molar-refractivity contribution in [3.05, 3.63) is 21.9 Å². The Labute approximate surface area is 115 Å². The Hall–Kier alpha value is -1.40. The lowest BCUT2D eigenvalue weighted by Gasteiger charge is -2.29. The third kappa shape index (κ3) is 3.54. The summed E-state index contributed by atoms with van der Waals surface area (Å²) in [7, 11) is 0. The Kier molecular flexibility index (Phi) is 4.55. The zero-order chi connectivity index (χ0) is 13.8. The minimum atomic E-state index is -0.999. The van der Waals surface area contributed by atoms with Crippen molar-refractivity contribution >= 4 is 23.2 Å². The molecule has 1 aromatic rings. The molecule has 0 unspecified atom stereocenters. The van der Waals surface area contributed by atoms with Crippen molar-refractivity contribution in [3.8, 4) is 0 Å². The number of carboxylic acids is 1. The molecule has 6 heteroatoms. The summed E-state index contributed by atoms with van der Waals surface area (Å²) in [4.78, 5) is 23.4. The van der Waals surface area contributed by atoms with Gasteiger partial charge in [0.1, 0.15) is 4.88 Å². The van der Waals surface area contributed by atoms with E-state index >= 15 is 0 Å². The molecule has 19 heavy (non-hydrogen) atoms. The highest BCUT2D eigenvalue weighted by Crippen LogP contribution is 2.19. The smallest absolute Gasteiger partial charge is 0.345 e. The van der Waals surface area contributed by atoms with E-state index in [4.69, 9.17) is 9.84 Å². The number of carboxylic acid groups (broad SMARTS) is 1. The number of rotatable bonds is 4. The van der Waals surface area contributed by atoms with E-state index < -0.39 is 5.97 Å². The van der Waals surface area contributed by atoms with Crippen LogP contribution in [-0.2, 0) is 4.74 Å². The standard InChI is InChI=1S/C13H17NO4S/c1-2-9-7-8(5-6-18-9)14-12(15)10-3-4-11(19-10)13(16)17/h3-4,8-9H,2,5-7H2,1H3,(H,14,15)(H,16,17)/t8-,9-/m1/s1. The zero-order valence-corrected chi connectivity index (χ0v) is 11.5. The lowest BCUT2D eigenvalue weighted by molar-refractivity contribution is 0.000651. The number of thiophene rings is 1. The Bertz CT molecular complexity index is 471. The first-order valence-corrected chi connectivity index (χ1v) is 7.17. The van der Waals surface area contributed by atoms with E-state index in [0.29, 0.717) is 11.5 Å². The van der Waals surface area contributed by atoms with Gasteiger partial charge in [0.15, 0.2) is 0 Å². The topological polar surface area (TPSA) is 75.6 Å². The first-order valence-electron chi connectivity index (χ1n) is 6.35. The van der Waals surface area contributed by atoms with Gasteiger partial charge in [-0.25, -0.2) is 4.79 Å². The molecule has 1 aromatic heterocycles. The summed E-state index contributed by atoms with van der Waals surface area (Å²) in [6, 6.07) is 3.13.